The summed E-state index contributed by atoms with van der Waals surface area (Å²) in [6.45, 7) is 29.1. The van der Waals surface area contributed by atoms with Crippen molar-refractivity contribution in [3.63, 3.8) is 0 Å². The van der Waals surface area contributed by atoms with Gasteiger partial charge < -0.3 is 18.6 Å². The number of ketones is 1. The molecule has 0 aromatic rings. The summed E-state index contributed by atoms with van der Waals surface area (Å²) in [6.07, 6.45) is 6.61. The van der Waals surface area contributed by atoms with Gasteiger partial charge in [-0.15, -0.1) is 0 Å². The van der Waals surface area contributed by atoms with Gasteiger partial charge in [-0.2, -0.15) is 0 Å². The van der Waals surface area contributed by atoms with E-state index >= 15 is 0 Å². The Bertz CT molecular complexity index is 867. The van der Waals surface area contributed by atoms with Crippen LogP contribution >= 0.6 is 0 Å². The fraction of sp³-hybridized carbons (Fsp3) is 0.882. The Morgan fingerprint density at radius 1 is 1.10 bits per heavy atom. The zero-order valence-corrected chi connectivity index (χ0v) is 30.1. The van der Waals surface area contributed by atoms with Gasteiger partial charge in [-0.3, -0.25) is 9.59 Å². The zero-order valence-electron chi connectivity index (χ0n) is 29.1. The van der Waals surface area contributed by atoms with E-state index in [1.165, 1.54) is 5.57 Å². The predicted molar refractivity (Wildman–Crippen MR) is 171 cm³/mol. The minimum atomic E-state index is -2.05. The molecule has 0 bridgehead atoms. The van der Waals surface area contributed by atoms with Crippen LogP contribution in [-0.2, 0) is 28.2 Å². The molecule has 41 heavy (non-hydrogen) atoms. The fourth-order valence-electron chi connectivity index (χ4n) is 5.43. The second-order valence-corrected chi connectivity index (χ2v) is 20.5. The lowest BCUT2D eigenvalue weighted by Crippen LogP contribution is -2.47. The first-order valence-electron chi connectivity index (χ1n) is 15.8. The quantitative estimate of drug-likeness (QED) is 0.0584. The summed E-state index contributed by atoms with van der Waals surface area (Å²) < 4.78 is 23.7. The molecule has 0 unspecified atom stereocenters. The molecule has 0 heterocycles. The van der Waals surface area contributed by atoms with Crippen LogP contribution in [0.3, 0.4) is 0 Å². The first kappa shape index (κ1) is 38.0. The lowest BCUT2D eigenvalue weighted by Gasteiger charge is -2.43. The van der Waals surface area contributed by atoms with Gasteiger partial charge in [-0.25, -0.2) is 0 Å². The lowest BCUT2D eigenvalue weighted by molar-refractivity contribution is -0.156. The van der Waals surface area contributed by atoms with Crippen LogP contribution in [0.5, 0.6) is 0 Å². The molecule has 1 aliphatic rings. The van der Waals surface area contributed by atoms with Gasteiger partial charge in [-0.05, 0) is 89.8 Å². The van der Waals surface area contributed by atoms with Crippen molar-refractivity contribution in [3.05, 3.63) is 11.6 Å². The minimum Gasteiger partial charge on any atom is -0.465 e. The van der Waals surface area contributed by atoms with Crippen molar-refractivity contribution in [1.82, 2.24) is 0 Å². The van der Waals surface area contributed by atoms with Gasteiger partial charge in [0.15, 0.2) is 8.32 Å². The molecule has 0 aromatic heterocycles. The number of carbonyl (C=O) groups excluding carboxylic acids is 2. The third-order valence-corrected chi connectivity index (χ3v) is 14.0. The smallest absolute Gasteiger partial charge is 0.311 e. The summed E-state index contributed by atoms with van der Waals surface area (Å²) in [7, 11) is -0.439. The molecule has 0 aliphatic heterocycles. The van der Waals surface area contributed by atoms with Crippen molar-refractivity contribution in [1.29, 1.82) is 0 Å². The van der Waals surface area contributed by atoms with Crippen LogP contribution in [0.15, 0.2) is 11.6 Å². The van der Waals surface area contributed by atoms with E-state index in [0.29, 0.717) is 37.3 Å². The van der Waals surface area contributed by atoms with E-state index in [2.05, 4.69) is 74.6 Å². The first-order chi connectivity index (χ1) is 18.6. The molecule has 0 N–H and O–H groups in total. The number of esters is 1. The molecule has 0 amide bonds. The predicted octanol–water partition coefficient (Wildman–Crippen LogP) is 8.60. The van der Waals surface area contributed by atoms with Gasteiger partial charge in [0.05, 0.1) is 24.7 Å². The van der Waals surface area contributed by atoms with Crippen molar-refractivity contribution in [2.45, 2.75) is 133 Å². The van der Waals surface area contributed by atoms with E-state index in [9.17, 15) is 9.59 Å². The molecule has 1 aliphatic carbocycles. The highest BCUT2D eigenvalue weighted by Gasteiger charge is 2.42. The summed E-state index contributed by atoms with van der Waals surface area (Å²) in [5, 5.41) is 0.0922. The average molecular weight is 597 g/mol. The molecule has 6 atom stereocenters. The van der Waals surface area contributed by atoms with E-state index in [1.54, 1.807) is 7.11 Å². The number of methoxy groups -OCH3 is 1. The van der Waals surface area contributed by atoms with E-state index in [4.69, 9.17) is 18.6 Å². The third-order valence-electron chi connectivity index (χ3n) is 9.49. The third kappa shape index (κ3) is 11.9. The molecule has 0 radical (unpaired) electrons. The molecular weight excluding hydrogens is 532 g/mol. The maximum atomic E-state index is 13.0. The molecule has 7 heteroatoms. The summed E-state index contributed by atoms with van der Waals surface area (Å²) in [4.78, 5) is 25.5. The minimum absolute atomic E-state index is 0.0399. The number of rotatable bonds is 16. The molecule has 1 rings (SSSR count). The number of allylic oxidation sites excluding steroid dienone is 2. The number of hydrogen-bond donors (Lipinski definition) is 0. The number of ether oxygens (including phenoxy) is 3. The zero-order chi connectivity index (χ0) is 31.8. The summed E-state index contributed by atoms with van der Waals surface area (Å²) in [5.74, 6) is 1.11. The van der Waals surface area contributed by atoms with Crippen LogP contribution in [0.2, 0.25) is 18.1 Å². The lowest BCUT2D eigenvalue weighted by atomic mass is 9.70. The average Bonchev–Trinajstić information content (AvgIpc) is 2.83. The maximum Gasteiger partial charge on any atom is 0.311 e. The Morgan fingerprint density at radius 3 is 2.24 bits per heavy atom. The SMILES string of the molecule is COCOC[C@@H](COC(=O)C(C)(C)C)C[C@@H](C)[C@H](O[Si](C)(C)C(C)(C)C)[C@H](C)CCC[C@]1(C)C=C(C)[C@H](C)CC1=O. The number of Topliss-reactive ketones (excluding diaryl/α,β-unsaturated/α-hetero) is 1. The van der Waals surface area contributed by atoms with E-state index < -0.39 is 13.7 Å². The molecule has 240 valence electrons. The monoisotopic (exact) mass is 596 g/mol. The normalized spacial score (nSPS) is 23.5. The van der Waals surface area contributed by atoms with Crippen molar-refractivity contribution in [2.75, 3.05) is 27.1 Å². The summed E-state index contributed by atoms with van der Waals surface area (Å²) in [6, 6.07) is 0. The Kier molecular flexibility index (Phi) is 14.5. The molecule has 6 nitrogen and oxygen atoms in total. The van der Waals surface area contributed by atoms with E-state index in [1.807, 2.05) is 20.8 Å². The van der Waals surface area contributed by atoms with Crippen LogP contribution in [0.4, 0.5) is 0 Å². The van der Waals surface area contributed by atoms with Gasteiger partial charge in [0.1, 0.15) is 12.6 Å². The van der Waals surface area contributed by atoms with Gasteiger partial charge >= 0.3 is 5.97 Å². The summed E-state index contributed by atoms with van der Waals surface area (Å²) in [5.41, 5.74) is 0.425. The van der Waals surface area contributed by atoms with Gasteiger partial charge in [0.25, 0.3) is 0 Å². The van der Waals surface area contributed by atoms with Crippen LogP contribution in [0, 0.1) is 34.5 Å². The second kappa shape index (κ2) is 15.6. The standard InChI is InChI=1S/C34H64O6Si/c1-24(16-15-17-34(11)20-27(4)25(2)19-29(34)35)30(40-41(13,14)33(8,9)10)26(3)18-28(21-38-23-37-12)22-39-31(36)32(5,6)7/h20,24-26,28,30H,15-19,21-23H2,1-14H3/t24-,25-,26-,28+,30-,34-/m1/s1. The van der Waals surface area contributed by atoms with Crippen LogP contribution < -0.4 is 0 Å². The van der Waals surface area contributed by atoms with Crippen LogP contribution in [-0.4, -0.2) is 53.3 Å². The molecule has 0 saturated heterocycles. The van der Waals surface area contributed by atoms with Crippen LogP contribution in [0.25, 0.3) is 0 Å². The Labute approximate surface area is 253 Å². The maximum absolute atomic E-state index is 13.0. The van der Waals surface area contributed by atoms with Crippen LogP contribution in [0.1, 0.15) is 108 Å². The fourth-order valence-corrected chi connectivity index (χ4v) is 6.93. The second-order valence-electron chi connectivity index (χ2n) is 15.8. The Hall–Kier alpha value is -1.02. The Morgan fingerprint density at radius 2 is 1.71 bits per heavy atom. The number of hydrogen-bond acceptors (Lipinski definition) is 6. The van der Waals surface area contributed by atoms with Crippen molar-refractivity contribution in [3.8, 4) is 0 Å². The van der Waals surface area contributed by atoms with Gasteiger partial charge in [0.2, 0.25) is 0 Å². The topological polar surface area (TPSA) is 71.1 Å². The molecular formula is C34H64O6Si. The molecule has 0 aromatic carbocycles. The molecule has 0 saturated carbocycles. The molecule has 0 spiro atoms. The van der Waals surface area contributed by atoms with Gasteiger partial charge in [0, 0.05) is 24.9 Å². The molecule has 0 fully saturated rings. The number of carbonyl (C=O) groups is 2. The van der Waals surface area contributed by atoms with E-state index in [-0.39, 0.29) is 41.2 Å². The highest BCUT2D eigenvalue weighted by atomic mass is 28.4. The van der Waals surface area contributed by atoms with Crippen molar-refractivity contribution >= 4 is 20.1 Å². The van der Waals surface area contributed by atoms with Crippen molar-refractivity contribution < 1.29 is 28.2 Å². The largest absolute Gasteiger partial charge is 0.465 e. The highest BCUT2D eigenvalue weighted by molar-refractivity contribution is 6.74. The van der Waals surface area contributed by atoms with Crippen molar-refractivity contribution in [2.24, 2.45) is 34.5 Å². The van der Waals surface area contributed by atoms with E-state index in [0.717, 1.165) is 25.7 Å². The first-order valence-corrected chi connectivity index (χ1v) is 18.7. The Balaban J connectivity index is 3.08. The summed E-state index contributed by atoms with van der Waals surface area (Å²) >= 11 is 0. The van der Waals surface area contributed by atoms with Gasteiger partial charge in [-0.1, -0.05) is 59.6 Å². The highest BCUT2D eigenvalue weighted by Crippen LogP contribution is 2.42.